The molecular weight excluding hydrogens is 290 g/mol. The molecule has 2 rings (SSSR count). The summed E-state index contributed by atoms with van der Waals surface area (Å²) in [7, 11) is 0. The summed E-state index contributed by atoms with van der Waals surface area (Å²) < 4.78 is 5.53. The van der Waals surface area contributed by atoms with Gasteiger partial charge in [0.25, 0.3) is 5.56 Å². The van der Waals surface area contributed by atoms with Crippen molar-refractivity contribution in [3.63, 3.8) is 0 Å². The maximum absolute atomic E-state index is 12.1. The van der Waals surface area contributed by atoms with Crippen LogP contribution in [0.15, 0.2) is 41.7 Å². The molecule has 0 bridgehead atoms. The highest BCUT2D eigenvalue weighted by Crippen LogP contribution is 2.25. The van der Waals surface area contributed by atoms with Gasteiger partial charge in [0.15, 0.2) is 0 Å². The van der Waals surface area contributed by atoms with Crippen LogP contribution >= 0.6 is 0 Å². The molecule has 4 heteroatoms. The fourth-order valence-corrected chi connectivity index (χ4v) is 2.68. The van der Waals surface area contributed by atoms with E-state index in [0.717, 1.165) is 22.6 Å². The van der Waals surface area contributed by atoms with Crippen molar-refractivity contribution in [3.8, 4) is 11.5 Å². The van der Waals surface area contributed by atoms with Crippen LogP contribution in [0.25, 0.3) is 0 Å². The third-order valence-electron chi connectivity index (χ3n) is 3.83. The summed E-state index contributed by atoms with van der Waals surface area (Å²) in [5.41, 5.74) is 2.82. The molecule has 0 saturated heterocycles. The standard InChI is InChI=1S/C19H23NO3/c1-4-10-23-14-9-7-8-13(11-14)12-17-15(5-2)18(21)16(6-3)19(22)20-17/h4,7-9,11H,1,5-6,10,12H2,2-3H3,(H2,20,21,22). The highest BCUT2D eigenvalue weighted by molar-refractivity contribution is 5.43. The van der Waals surface area contributed by atoms with E-state index in [0.29, 0.717) is 31.4 Å². The fraction of sp³-hybridized carbons (Fsp3) is 0.316. The smallest absolute Gasteiger partial charge is 0.255 e. The van der Waals surface area contributed by atoms with Crippen LogP contribution in [0.2, 0.25) is 0 Å². The third-order valence-corrected chi connectivity index (χ3v) is 3.83. The van der Waals surface area contributed by atoms with Crippen molar-refractivity contribution in [3.05, 3.63) is 69.7 Å². The Hall–Kier alpha value is -2.49. The van der Waals surface area contributed by atoms with Crippen molar-refractivity contribution < 1.29 is 9.84 Å². The topological polar surface area (TPSA) is 62.3 Å². The lowest BCUT2D eigenvalue weighted by Crippen LogP contribution is -2.17. The molecule has 1 aromatic heterocycles. The van der Waals surface area contributed by atoms with Crippen LogP contribution in [0.3, 0.4) is 0 Å². The van der Waals surface area contributed by atoms with Crippen LogP contribution in [0.1, 0.15) is 36.2 Å². The minimum absolute atomic E-state index is 0.132. The molecule has 4 nitrogen and oxygen atoms in total. The Morgan fingerprint density at radius 1 is 1.26 bits per heavy atom. The van der Waals surface area contributed by atoms with E-state index in [1.54, 1.807) is 6.08 Å². The molecular formula is C19H23NO3. The van der Waals surface area contributed by atoms with E-state index in [4.69, 9.17) is 4.74 Å². The van der Waals surface area contributed by atoms with Gasteiger partial charge in [-0.25, -0.2) is 0 Å². The summed E-state index contributed by atoms with van der Waals surface area (Å²) in [4.78, 5) is 15.0. The Balaban J connectivity index is 2.36. The zero-order chi connectivity index (χ0) is 16.8. The molecule has 1 aromatic carbocycles. The van der Waals surface area contributed by atoms with Gasteiger partial charge >= 0.3 is 0 Å². The van der Waals surface area contributed by atoms with Crippen LogP contribution in [-0.2, 0) is 19.3 Å². The first-order valence-electron chi connectivity index (χ1n) is 7.89. The summed E-state index contributed by atoms with van der Waals surface area (Å²) in [6, 6.07) is 7.71. The number of aromatic amines is 1. The van der Waals surface area contributed by atoms with Crippen LogP contribution in [-0.4, -0.2) is 16.7 Å². The quantitative estimate of drug-likeness (QED) is 0.771. The van der Waals surface area contributed by atoms with Gasteiger partial charge in [-0.15, -0.1) is 0 Å². The van der Waals surface area contributed by atoms with E-state index in [-0.39, 0.29) is 11.3 Å². The molecule has 122 valence electrons. The number of aromatic hydroxyl groups is 1. The van der Waals surface area contributed by atoms with E-state index in [1.807, 2.05) is 38.1 Å². The lowest BCUT2D eigenvalue weighted by Gasteiger charge is -2.13. The van der Waals surface area contributed by atoms with Gasteiger partial charge in [0, 0.05) is 17.7 Å². The number of benzene rings is 1. The van der Waals surface area contributed by atoms with Crippen LogP contribution in [0, 0.1) is 0 Å². The first-order chi connectivity index (χ1) is 11.1. The predicted molar refractivity (Wildman–Crippen MR) is 92.4 cm³/mol. The zero-order valence-electron chi connectivity index (χ0n) is 13.7. The second-order valence-electron chi connectivity index (χ2n) is 5.37. The fourth-order valence-electron chi connectivity index (χ4n) is 2.68. The highest BCUT2D eigenvalue weighted by atomic mass is 16.5. The number of aromatic nitrogens is 1. The average molecular weight is 313 g/mol. The lowest BCUT2D eigenvalue weighted by molar-refractivity contribution is 0.363. The molecule has 1 heterocycles. The molecule has 0 saturated carbocycles. The summed E-state index contributed by atoms with van der Waals surface area (Å²) >= 11 is 0. The summed E-state index contributed by atoms with van der Waals surface area (Å²) in [5.74, 6) is 0.894. The number of ether oxygens (including phenoxy) is 1. The normalized spacial score (nSPS) is 10.5. The van der Waals surface area contributed by atoms with E-state index in [1.165, 1.54) is 0 Å². The van der Waals surface area contributed by atoms with Gasteiger partial charge in [-0.2, -0.15) is 0 Å². The molecule has 0 radical (unpaired) electrons. The van der Waals surface area contributed by atoms with Crippen molar-refractivity contribution in [2.45, 2.75) is 33.1 Å². The molecule has 2 N–H and O–H groups in total. The number of nitrogens with one attached hydrogen (secondary N) is 1. The van der Waals surface area contributed by atoms with Gasteiger partial charge < -0.3 is 14.8 Å². The zero-order valence-corrected chi connectivity index (χ0v) is 13.7. The molecule has 0 aliphatic rings. The average Bonchev–Trinajstić information content (AvgIpc) is 2.54. The van der Waals surface area contributed by atoms with Gasteiger partial charge in [-0.05, 0) is 30.5 Å². The predicted octanol–water partition coefficient (Wildman–Crippen LogP) is 3.36. The van der Waals surface area contributed by atoms with Crippen molar-refractivity contribution in [2.75, 3.05) is 6.61 Å². The first-order valence-corrected chi connectivity index (χ1v) is 7.89. The lowest BCUT2D eigenvalue weighted by atomic mass is 10.00. The van der Waals surface area contributed by atoms with E-state index < -0.39 is 0 Å². The van der Waals surface area contributed by atoms with Gasteiger partial charge in [0.1, 0.15) is 18.1 Å². The first kappa shape index (κ1) is 16.9. The second-order valence-corrected chi connectivity index (χ2v) is 5.37. The van der Waals surface area contributed by atoms with Crippen molar-refractivity contribution >= 4 is 0 Å². The van der Waals surface area contributed by atoms with Crippen LogP contribution < -0.4 is 10.3 Å². The van der Waals surface area contributed by atoms with E-state index >= 15 is 0 Å². The largest absolute Gasteiger partial charge is 0.507 e. The molecule has 0 unspecified atom stereocenters. The van der Waals surface area contributed by atoms with Crippen LogP contribution in [0.4, 0.5) is 0 Å². The second kappa shape index (κ2) is 7.68. The molecule has 0 aliphatic carbocycles. The van der Waals surface area contributed by atoms with Crippen molar-refractivity contribution in [1.82, 2.24) is 4.98 Å². The Morgan fingerprint density at radius 2 is 2.00 bits per heavy atom. The Labute approximate surface area is 136 Å². The SMILES string of the molecule is C=CCOc1cccc(Cc2[nH]c(=O)c(CC)c(O)c2CC)c1. The van der Waals surface area contributed by atoms with Gasteiger partial charge in [-0.3, -0.25) is 4.79 Å². The van der Waals surface area contributed by atoms with Gasteiger partial charge in [0.2, 0.25) is 0 Å². The number of pyridine rings is 1. The maximum Gasteiger partial charge on any atom is 0.255 e. The third kappa shape index (κ3) is 3.83. The monoisotopic (exact) mass is 313 g/mol. The van der Waals surface area contributed by atoms with E-state index in [2.05, 4.69) is 11.6 Å². The molecule has 0 aliphatic heterocycles. The minimum atomic E-state index is -0.212. The van der Waals surface area contributed by atoms with Crippen LogP contribution in [0.5, 0.6) is 11.5 Å². The van der Waals surface area contributed by atoms with Gasteiger partial charge in [-0.1, -0.05) is 38.6 Å². The molecule has 0 fully saturated rings. The Bertz CT molecular complexity index is 747. The van der Waals surface area contributed by atoms with Crippen molar-refractivity contribution in [1.29, 1.82) is 0 Å². The molecule has 2 aromatic rings. The Morgan fingerprint density at radius 3 is 2.65 bits per heavy atom. The molecule has 0 spiro atoms. The van der Waals surface area contributed by atoms with Gasteiger partial charge in [0.05, 0.1) is 5.56 Å². The summed E-state index contributed by atoms with van der Waals surface area (Å²) in [5, 5.41) is 10.3. The number of hydrogen-bond donors (Lipinski definition) is 2. The highest BCUT2D eigenvalue weighted by Gasteiger charge is 2.15. The number of hydrogen-bond acceptors (Lipinski definition) is 3. The molecule has 23 heavy (non-hydrogen) atoms. The molecule has 0 atom stereocenters. The van der Waals surface area contributed by atoms with Crippen molar-refractivity contribution in [2.24, 2.45) is 0 Å². The molecule has 0 amide bonds. The number of rotatable bonds is 7. The minimum Gasteiger partial charge on any atom is -0.507 e. The number of H-pyrrole nitrogens is 1. The summed E-state index contributed by atoms with van der Waals surface area (Å²) in [6.07, 6.45) is 3.42. The maximum atomic E-state index is 12.1. The Kier molecular flexibility index (Phi) is 5.63. The summed E-state index contributed by atoms with van der Waals surface area (Å²) in [6.45, 7) is 7.92. The van der Waals surface area contributed by atoms with E-state index in [9.17, 15) is 9.90 Å².